The van der Waals surface area contributed by atoms with E-state index < -0.39 is 23.3 Å². The molecule has 2 aromatic carbocycles. The molecule has 0 saturated carbocycles. The van der Waals surface area contributed by atoms with Gasteiger partial charge in [-0.05, 0) is 57.2 Å². The third-order valence-corrected chi connectivity index (χ3v) is 9.27. The summed E-state index contributed by atoms with van der Waals surface area (Å²) in [6.45, 7) is 13.6. The number of anilines is 1. The molecule has 1 atom stereocenters. The molecule has 186 valence electrons. The molecule has 35 heavy (non-hydrogen) atoms. The number of furan rings is 1. The number of hydrogen-bond acceptors (Lipinski definition) is 6. The van der Waals surface area contributed by atoms with Crippen LogP contribution in [0.2, 0.25) is 0 Å². The molecule has 0 spiro atoms. The van der Waals surface area contributed by atoms with Crippen LogP contribution in [-0.4, -0.2) is 29.1 Å². The van der Waals surface area contributed by atoms with Crippen molar-refractivity contribution in [3.8, 4) is 5.75 Å². The van der Waals surface area contributed by atoms with Gasteiger partial charge in [0.2, 0.25) is 7.28 Å². The first-order chi connectivity index (χ1) is 16.5. The van der Waals surface area contributed by atoms with Gasteiger partial charge in [0.15, 0.2) is 5.50 Å². The van der Waals surface area contributed by atoms with Crippen molar-refractivity contribution in [2.24, 2.45) is 4.74 Å². The Labute approximate surface area is 206 Å². The number of nitro benzene ring substituents is 1. The van der Waals surface area contributed by atoms with Crippen LogP contribution in [0.4, 0.5) is 11.4 Å². The average Bonchev–Trinajstić information content (AvgIpc) is 3.25. The lowest BCUT2D eigenvalue weighted by atomic mass is 10.2. The van der Waals surface area contributed by atoms with Gasteiger partial charge < -0.3 is 13.8 Å². The number of nitro groups is 1. The van der Waals surface area contributed by atoms with E-state index in [1.165, 1.54) is 24.3 Å². The third kappa shape index (κ3) is 5.65. The summed E-state index contributed by atoms with van der Waals surface area (Å²) in [5.74, 6) is 0.760. The minimum Gasteiger partial charge on any atom is -0.457 e. The number of aryl methyl sites for hydroxylation is 1. The number of hydrogen-bond donors (Lipinski definition) is 0. The Kier molecular flexibility index (Phi) is 7.86. The van der Waals surface area contributed by atoms with Gasteiger partial charge in [0.1, 0.15) is 11.5 Å². The minimum atomic E-state index is -3.10. The fourth-order valence-electron chi connectivity index (χ4n) is 3.71. The molecule has 0 aliphatic rings. The number of nitrogens with zero attached hydrogens (tertiary/aromatic N) is 3. The van der Waals surface area contributed by atoms with Crippen molar-refractivity contribution >= 4 is 30.1 Å². The van der Waals surface area contributed by atoms with Crippen LogP contribution in [-0.2, 0) is 0 Å². The predicted molar refractivity (Wildman–Crippen MR) is 140 cm³/mol. The van der Waals surface area contributed by atoms with E-state index in [0.29, 0.717) is 17.0 Å². The van der Waals surface area contributed by atoms with E-state index in [4.69, 9.17) is 13.7 Å². The molecule has 1 aromatic heterocycles. The second kappa shape index (κ2) is 10.5. The highest BCUT2D eigenvalue weighted by Gasteiger charge is 2.42. The Morgan fingerprint density at radius 1 is 1.09 bits per heavy atom. The topological polar surface area (TPSA) is 98.2 Å². The van der Waals surface area contributed by atoms with Gasteiger partial charge >= 0.3 is 0 Å². The Morgan fingerprint density at radius 3 is 2.26 bits per heavy atom. The maximum atomic E-state index is 13.4. The van der Waals surface area contributed by atoms with Crippen LogP contribution in [0.15, 0.2) is 69.8 Å². The summed E-state index contributed by atoms with van der Waals surface area (Å²) in [7, 11) is -3.10. The van der Waals surface area contributed by atoms with E-state index in [2.05, 4.69) is 18.7 Å². The highest BCUT2D eigenvalue weighted by atomic mass is 31.2. The number of amides is 1. The molecular formula is C26H32N3O5P. The Balaban J connectivity index is 2.18. The smallest absolute Gasteiger partial charge is 0.279 e. The molecule has 1 heterocycles. The van der Waals surface area contributed by atoms with E-state index in [1.807, 2.05) is 64.1 Å². The summed E-state index contributed by atoms with van der Waals surface area (Å²) < 4.78 is 17.4. The molecule has 0 radical (unpaired) electrons. The summed E-state index contributed by atoms with van der Waals surface area (Å²) in [6, 6.07) is 16.8. The lowest BCUT2D eigenvalue weighted by Gasteiger charge is -2.35. The van der Waals surface area contributed by atoms with Gasteiger partial charge in [-0.25, -0.2) is 0 Å². The number of carbonyl (C=O) groups excluding carboxylic acids is 1. The Hall–Kier alpha value is -3.38. The molecule has 3 rings (SSSR count). The molecule has 0 N–H and O–H groups in total. The van der Waals surface area contributed by atoms with Gasteiger partial charge in [0.05, 0.1) is 4.92 Å². The quantitative estimate of drug-likeness (QED) is 0.193. The summed E-state index contributed by atoms with van der Waals surface area (Å²) in [5, 5.41) is 10.4. The second-order valence-corrected chi connectivity index (χ2v) is 12.4. The highest BCUT2D eigenvalue weighted by Crippen LogP contribution is 2.61. The van der Waals surface area contributed by atoms with Gasteiger partial charge in [-0.3, -0.25) is 14.9 Å². The fraction of sp³-hybridized carbons (Fsp3) is 0.346. The summed E-state index contributed by atoms with van der Waals surface area (Å²) >= 11 is 0. The molecule has 8 nitrogen and oxygen atoms in total. The zero-order valence-electron chi connectivity index (χ0n) is 21.0. The first kappa shape index (κ1) is 26.2. The SMILES string of the molecule is CCN(CC)c1cccc(OP(=NC(=O)c2ccc([N+](=O)[O-])cc2)(c2ccc(C)o2)C(C)(C)C)c1. The lowest BCUT2D eigenvalue weighted by molar-refractivity contribution is -0.384. The lowest BCUT2D eigenvalue weighted by Crippen LogP contribution is -2.27. The van der Waals surface area contributed by atoms with Gasteiger partial charge in [-0.15, -0.1) is 0 Å². The maximum absolute atomic E-state index is 13.4. The predicted octanol–water partition coefficient (Wildman–Crippen LogP) is 6.80. The Bertz CT molecular complexity index is 1250. The number of rotatable bonds is 8. The van der Waals surface area contributed by atoms with Crippen molar-refractivity contribution in [3.05, 3.63) is 82.1 Å². The van der Waals surface area contributed by atoms with Crippen LogP contribution in [0.25, 0.3) is 0 Å². The van der Waals surface area contributed by atoms with Crippen LogP contribution < -0.4 is 14.9 Å². The highest BCUT2D eigenvalue weighted by molar-refractivity contribution is 7.71. The molecule has 1 amide bonds. The minimum absolute atomic E-state index is 0.0930. The summed E-state index contributed by atoms with van der Waals surface area (Å²) in [4.78, 5) is 26.1. The molecule has 3 aromatic rings. The zero-order chi connectivity index (χ0) is 25.8. The second-order valence-electron chi connectivity index (χ2n) is 9.10. The van der Waals surface area contributed by atoms with Crippen LogP contribution >= 0.6 is 7.28 Å². The fourth-order valence-corrected chi connectivity index (χ4v) is 6.51. The van der Waals surface area contributed by atoms with Crippen molar-refractivity contribution in [1.29, 1.82) is 0 Å². The van der Waals surface area contributed by atoms with Crippen LogP contribution in [0, 0.1) is 17.0 Å². The number of non-ortho nitro benzene ring substituents is 1. The van der Waals surface area contributed by atoms with E-state index in [9.17, 15) is 14.9 Å². The van der Waals surface area contributed by atoms with E-state index >= 15 is 0 Å². The van der Waals surface area contributed by atoms with Gasteiger partial charge in [0.25, 0.3) is 11.6 Å². The van der Waals surface area contributed by atoms with Crippen molar-refractivity contribution in [2.45, 2.75) is 46.7 Å². The molecular weight excluding hydrogens is 465 g/mol. The Morgan fingerprint density at radius 2 is 1.74 bits per heavy atom. The molecule has 0 aliphatic heterocycles. The zero-order valence-corrected chi connectivity index (χ0v) is 21.9. The third-order valence-electron chi connectivity index (χ3n) is 5.67. The van der Waals surface area contributed by atoms with Crippen molar-refractivity contribution < 1.29 is 18.7 Å². The van der Waals surface area contributed by atoms with Gasteiger partial charge in [-0.1, -0.05) is 26.8 Å². The van der Waals surface area contributed by atoms with Crippen LogP contribution in [0.3, 0.4) is 0 Å². The van der Waals surface area contributed by atoms with Crippen LogP contribution in [0.5, 0.6) is 5.75 Å². The molecule has 0 aliphatic carbocycles. The largest absolute Gasteiger partial charge is 0.457 e. The monoisotopic (exact) mass is 497 g/mol. The molecule has 0 fully saturated rings. The molecule has 0 bridgehead atoms. The summed E-state index contributed by atoms with van der Waals surface area (Å²) in [6.07, 6.45) is 0. The van der Waals surface area contributed by atoms with Crippen molar-refractivity contribution in [2.75, 3.05) is 18.0 Å². The van der Waals surface area contributed by atoms with Crippen molar-refractivity contribution in [1.82, 2.24) is 0 Å². The summed E-state index contributed by atoms with van der Waals surface area (Å²) in [5.41, 5.74) is 1.67. The van der Waals surface area contributed by atoms with E-state index in [0.717, 1.165) is 18.8 Å². The van der Waals surface area contributed by atoms with Crippen LogP contribution in [0.1, 0.15) is 50.7 Å². The number of carbonyl (C=O) groups is 1. The molecule has 9 heteroatoms. The van der Waals surface area contributed by atoms with Gasteiger partial charge in [0, 0.05) is 47.7 Å². The first-order valence-electron chi connectivity index (χ1n) is 11.5. The standard InChI is InChI=1S/C26H32N3O5P/c1-7-28(8-2)22-10-9-11-23(18-22)34-35(26(4,5)6,24-17-12-19(3)33-24)27-25(30)20-13-15-21(16-14-20)29(31)32/h9-18H,7-8H2,1-6H3. The van der Waals surface area contributed by atoms with Crippen molar-refractivity contribution in [3.63, 3.8) is 0 Å². The number of benzene rings is 2. The first-order valence-corrected chi connectivity index (χ1v) is 13.2. The van der Waals surface area contributed by atoms with E-state index in [-0.39, 0.29) is 11.3 Å². The maximum Gasteiger partial charge on any atom is 0.279 e. The average molecular weight is 498 g/mol. The van der Waals surface area contributed by atoms with E-state index in [1.54, 1.807) is 0 Å². The molecule has 0 saturated heterocycles. The normalized spacial score (nSPS) is 13.1. The van der Waals surface area contributed by atoms with Gasteiger partial charge in [-0.2, -0.15) is 4.74 Å². The molecule has 1 unspecified atom stereocenters.